The van der Waals surface area contributed by atoms with Crippen LogP contribution in [0.2, 0.25) is 0 Å². The van der Waals surface area contributed by atoms with Gasteiger partial charge in [0.05, 0.1) is 0 Å². The Balaban J connectivity index is 1.99. The molecule has 1 atom stereocenters. The van der Waals surface area contributed by atoms with Crippen molar-refractivity contribution in [3.63, 3.8) is 0 Å². The molecule has 0 aliphatic rings. The molecule has 2 rings (SSSR count). The van der Waals surface area contributed by atoms with Gasteiger partial charge in [-0.25, -0.2) is 0 Å². The predicted octanol–water partition coefficient (Wildman–Crippen LogP) is 4.81. The third-order valence-corrected chi connectivity index (χ3v) is 8.62. The first-order chi connectivity index (χ1) is 10.3. The fraction of sp³-hybridized carbons (Fsp3) is 0.143. The van der Waals surface area contributed by atoms with E-state index >= 15 is 0 Å². The summed E-state index contributed by atoms with van der Waals surface area (Å²) in [6.45, 7) is 0.216. The molecule has 0 aliphatic heterocycles. The normalized spacial score (nSPS) is 12.1. The van der Waals surface area contributed by atoms with Gasteiger partial charge in [-0.1, -0.05) is 0 Å². The molecule has 0 radical (unpaired) electrons. The standard InChI is InChI=1S/C14H13Cl2O3PSe/c15-20(21-16)17-11-14(18-12-7-3-1-4-8-12)19-13-9-5-2-6-10-13/h1-10,14H,11H2. The Bertz CT molecular complexity index is 477. The van der Waals surface area contributed by atoms with Crippen molar-refractivity contribution < 1.29 is 14.0 Å². The molecule has 0 saturated carbocycles. The molecule has 0 aliphatic carbocycles. The molecular weight excluding hydrogens is 397 g/mol. The van der Waals surface area contributed by atoms with Gasteiger partial charge in [-0.3, -0.25) is 0 Å². The molecule has 112 valence electrons. The minimum absolute atomic E-state index is 0.216. The van der Waals surface area contributed by atoms with Gasteiger partial charge in [0, 0.05) is 0 Å². The number of rotatable bonds is 8. The van der Waals surface area contributed by atoms with Crippen LogP contribution in [0.1, 0.15) is 0 Å². The summed E-state index contributed by atoms with van der Waals surface area (Å²) in [5, 5.41) is 0. The van der Waals surface area contributed by atoms with Crippen LogP contribution in [0.4, 0.5) is 0 Å². The van der Waals surface area contributed by atoms with Gasteiger partial charge >= 0.3 is 140 Å². The topological polar surface area (TPSA) is 27.7 Å². The Kier molecular flexibility index (Phi) is 7.66. The van der Waals surface area contributed by atoms with Gasteiger partial charge in [-0.05, 0) is 0 Å². The van der Waals surface area contributed by atoms with Gasteiger partial charge in [0.25, 0.3) is 0 Å². The molecule has 3 nitrogen and oxygen atoms in total. The van der Waals surface area contributed by atoms with Crippen molar-refractivity contribution in [2.45, 2.75) is 6.29 Å². The molecule has 0 aromatic heterocycles. The summed E-state index contributed by atoms with van der Waals surface area (Å²) < 4.78 is 17.0. The molecule has 0 spiro atoms. The first kappa shape index (κ1) is 16.9. The molecule has 0 bridgehead atoms. The van der Waals surface area contributed by atoms with Crippen LogP contribution in [0.3, 0.4) is 0 Å². The maximum absolute atomic E-state index is 5.94. The number of halogens is 2. The molecular formula is C14H13Cl2O3PSe. The van der Waals surface area contributed by atoms with Gasteiger partial charge in [-0.2, -0.15) is 0 Å². The van der Waals surface area contributed by atoms with Gasteiger partial charge in [0.1, 0.15) is 0 Å². The Morgan fingerprint density at radius 3 is 1.81 bits per heavy atom. The number of hydrogen-bond acceptors (Lipinski definition) is 3. The second kappa shape index (κ2) is 9.53. The van der Waals surface area contributed by atoms with E-state index in [0.717, 1.165) is 0 Å². The Labute approximate surface area is 140 Å². The average molecular weight is 410 g/mol. The van der Waals surface area contributed by atoms with Crippen molar-refractivity contribution in [1.82, 2.24) is 0 Å². The van der Waals surface area contributed by atoms with E-state index in [0.29, 0.717) is 11.5 Å². The number of para-hydroxylation sites is 2. The van der Waals surface area contributed by atoms with E-state index < -0.39 is 12.5 Å². The maximum atomic E-state index is 5.94. The number of hydrogen-bond donors (Lipinski definition) is 0. The van der Waals surface area contributed by atoms with E-state index in [1.807, 2.05) is 60.7 Å². The average Bonchev–Trinajstić information content (AvgIpc) is 2.54. The molecule has 21 heavy (non-hydrogen) atoms. The van der Waals surface area contributed by atoms with Crippen molar-refractivity contribution in [2.75, 3.05) is 6.61 Å². The summed E-state index contributed by atoms with van der Waals surface area (Å²) in [4.78, 5) is 0. The summed E-state index contributed by atoms with van der Waals surface area (Å²) in [5.41, 5.74) is 0. The van der Waals surface area contributed by atoms with Crippen LogP contribution in [-0.2, 0) is 4.52 Å². The van der Waals surface area contributed by atoms with Gasteiger partial charge in [0.2, 0.25) is 0 Å². The monoisotopic (exact) mass is 410 g/mol. The van der Waals surface area contributed by atoms with Gasteiger partial charge in [-0.15, -0.1) is 0 Å². The number of benzene rings is 2. The third-order valence-electron chi connectivity index (χ3n) is 2.39. The summed E-state index contributed by atoms with van der Waals surface area (Å²) in [7, 11) is 5.71. The van der Waals surface area contributed by atoms with Crippen LogP contribution in [0.25, 0.3) is 0 Å². The van der Waals surface area contributed by atoms with Crippen molar-refractivity contribution in [1.29, 1.82) is 0 Å². The summed E-state index contributed by atoms with van der Waals surface area (Å²) in [6.07, 6.45) is -1.71. The predicted molar refractivity (Wildman–Crippen MR) is 88.3 cm³/mol. The molecule has 2 aromatic rings. The van der Waals surface area contributed by atoms with E-state index in [4.69, 9.17) is 35.3 Å². The van der Waals surface area contributed by atoms with Crippen LogP contribution in [0.15, 0.2) is 60.7 Å². The molecule has 0 fully saturated rings. The SMILES string of the molecule is Cl[Se]P(Cl)OCC(Oc1ccccc1)Oc1ccccc1. The van der Waals surface area contributed by atoms with E-state index in [-0.39, 0.29) is 20.2 Å². The minimum atomic E-state index is -1.12. The van der Waals surface area contributed by atoms with Crippen molar-refractivity contribution in [2.24, 2.45) is 0 Å². The summed E-state index contributed by atoms with van der Waals surface area (Å²) in [5.74, 6) is 1.41. The van der Waals surface area contributed by atoms with Crippen LogP contribution >= 0.6 is 27.5 Å². The molecule has 1 unspecified atom stereocenters. The Morgan fingerprint density at radius 1 is 0.905 bits per heavy atom. The van der Waals surface area contributed by atoms with Crippen LogP contribution < -0.4 is 9.47 Å². The molecule has 0 N–H and O–H groups in total. The molecule has 0 saturated heterocycles. The quantitative estimate of drug-likeness (QED) is 0.355. The summed E-state index contributed by atoms with van der Waals surface area (Å²) in [6, 6.07) is 18.9. The zero-order valence-electron chi connectivity index (χ0n) is 10.9. The molecule has 7 heteroatoms. The van der Waals surface area contributed by atoms with Crippen LogP contribution in [0, 0.1) is 0 Å². The van der Waals surface area contributed by atoms with Crippen molar-refractivity contribution in [3.05, 3.63) is 60.7 Å². The second-order valence-corrected chi connectivity index (χ2v) is 12.1. The Morgan fingerprint density at radius 2 is 1.38 bits per heavy atom. The third kappa shape index (κ3) is 6.44. The van der Waals surface area contributed by atoms with E-state index in [1.54, 1.807) is 0 Å². The van der Waals surface area contributed by atoms with Gasteiger partial charge < -0.3 is 0 Å². The van der Waals surface area contributed by atoms with Crippen molar-refractivity contribution >= 4 is 41.1 Å². The number of ether oxygens (including phenoxy) is 2. The van der Waals surface area contributed by atoms with Crippen LogP contribution in [0.5, 0.6) is 11.5 Å². The first-order valence-corrected chi connectivity index (χ1v) is 12.7. The summed E-state index contributed by atoms with van der Waals surface area (Å²) >= 11 is 5.69. The zero-order valence-corrected chi connectivity index (χ0v) is 15.0. The fourth-order valence-corrected chi connectivity index (χ4v) is 3.24. The first-order valence-electron chi connectivity index (χ1n) is 6.09. The molecule has 2 aromatic carbocycles. The molecule has 0 heterocycles. The van der Waals surface area contributed by atoms with Gasteiger partial charge in [0.15, 0.2) is 0 Å². The zero-order chi connectivity index (χ0) is 14.9. The van der Waals surface area contributed by atoms with Crippen LogP contribution in [-0.4, -0.2) is 26.5 Å². The van der Waals surface area contributed by atoms with E-state index in [2.05, 4.69) is 0 Å². The van der Waals surface area contributed by atoms with E-state index in [9.17, 15) is 0 Å². The molecule has 0 amide bonds. The fourth-order valence-electron chi connectivity index (χ4n) is 1.53. The van der Waals surface area contributed by atoms with E-state index in [1.165, 1.54) is 0 Å². The Hall–Kier alpha value is -0.471. The van der Waals surface area contributed by atoms with Crippen molar-refractivity contribution in [3.8, 4) is 11.5 Å². The second-order valence-electron chi connectivity index (χ2n) is 3.87.